The van der Waals surface area contributed by atoms with Gasteiger partial charge in [-0.15, -0.1) is 24.0 Å². The summed E-state index contributed by atoms with van der Waals surface area (Å²) in [5.74, 6) is 0.485. The molecule has 0 saturated carbocycles. The van der Waals surface area contributed by atoms with Gasteiger partial charge in [-0.3, -0.25) is 4.99 Å². The summed E-state index contributed by atoms with van der Waals surface area (Å²) in [6.45, 7) is 5.80. The molecular formula is C17H28IN3O. The zero-order chi connectivity index (χ0) is 15.3. The van der Waals surface area contributed by atoms with Gasteiger partial charge in [0.1, 0.15) is 0 Å². The fourth-order valence-corrected chi connectivity index (χ4v) is 2.59. The second-order valence-electron chi connectivity index (χ2n) is 6.57. The minimum atomic E-state index is 0. The molecule has 0 radical (unpaired) electrons. The standard InChI is InChI=1S/C17H27N3O.HI/c1-17(2,9-10-21-3)12-19-16(18)20-15-8-7-13-5-4-6-14(13)11-15;/h7-8,11H,4-6,9-10,12H2,1-3H3,(H3,18,19,20);1H. The number of nitrogens with zero attached hydrogens (tertiary/aromatic N) is 1. The molecule has 1 aliphatic carbocycles. The van der Waals surface area contributed by atoms with E-state index in [-0.39, 0.29) is 29.4 Å². The number of nitrogens with one attached hydrogen (secondary N) is 1. The first kappa shape index (κ1) is 19.2. The van der Waals surface area contributed by atoms with Crippen molar-refractivity contribution in [2.24, 2.45) is 16.1 Å². The molecule has 5 heteroatoms. The highest BCUT2D eigenvalue weighted by Gasteiger charge is 2.17. The predicted molar refractivity (Wildman–Crippen MR) is 104 cm³/mol. The van der Waals surface area contributed by atoms with Crippen LogP contribution in [0.4, 0.5) is 5.69 Å². The van der Waals surface area contributed by atoms with E-state index in [1.54, 1.807) is 7.11 Å². The van der Waals surface area contributed by atoms with Gasteiger partial charge in [0.25, 0.3) is 0 Å². The Hall–Kier alpha value is -0.820. The maximum Gasteiger partial charge on any atom is 0.193 e. The summed E-state index contributed by atoms with van der Waals surface area (Å²) in [5.41, 5.74) is 10.0. The number of rotatable bonds is 6. The molecule has 1 aromatic carbocycles. The van der Waals surface area contributed by atoms with Crippen LogP contribution in [0.15, 0.2) is 23.2 Å². The van der Waals surface area contributed by atoms with Crippen LogP contribution in [-0.2, 0) is 17.6 Å². The average Bonchev–Trinajstić information content (AvgIpc) is 2.91. The van der Waals surface area contributed by atoms with Crippen LogP contribution in [0.2, 0.25) is 0 Å². The molecule has 124 valence electrons. The molecule has 1 aromatic rings. The van der Waals surface area contributed by atoms with E-state index in [4.69, 9.17) is 10.5 Å². The number of fused-ring (bicyclic) bond motifs is 1. The molecule has 4 nitrogen and oxygen atoms in total. The number of hydrogen-bond donors (Lipinski definition) is 2. The average molecular weight is 417 g/mol. The van der Waals surface area contributed by atoms with E-state index in [2.05, 4.69) is 42.4 Å². The lowest BCUT2D eigenvalue weighted by atomic mass is 9.90. The van der Waals surface area contributed by atoms with Gasteiger partial charge in [0.2, 0.25) is 0 Å². The van der Waals surface area contributed by atoms with Crippen LogP contribution in [0.25, 0.3) is 0 Å². The normalized spacial score (nSPS) is 14.4. The summed E-state index contributed by atoms with van der Waals surface area (Å²) in [5, 5.41) is 3.20. The number of aliphatic imine (C=N–C) groups is 1. The maximum absolute atomic E-state index is 5.99. The van der Waals surface area contributed by atoms with E-state index in [9.17, 15) is 0 Å². The van der Waals surface area contributed by atoms with Crippen LogP contribution in [-0.4, -0.2) is 26.2 Å². The Kier molecular flexibility index (Phi) is 7.62. The fourth-order valence-electron chi connectivity index (χ4n) is 2.59. The number of ether oxygens (including phenoxy) is 1. The summed E-state index contributed by atoms with van der Waals surface area (Å²) in [7, 11) is 1.73. The van der Waals surface area contributed by atoms with Gasteiger partial charge in [-0.2, -0.15) is 0 Å². The molecule has 0 heterocycles. The Morgan fingerprint density at radius 1 is 1.32 bits per heavy atom. The molecule has 0 amide bonds. The molecule has 3 N–H and O–H groups in total. The molecule has 0 unspecified atom stereocenters. The van der Waals surface area contributed by atoms with Crippen molar-refractivity contribution in [2.75, 3.05) is 25.6 Å². The van der Waals surface area contributed by atoms with Crippen molar-refractivity contribution in [2.45, 2.75) is 39.5 Å². The van der Waals surface area contributed by atoms with Gasteiger partial charge in [0.15, 0.2) is 5.96 Å². The van der Waals surface area contributed by atoms with Crippen LogP contribution in [0.5, 0.6) is 0 Å². The first-order valence-electron chi connectivity index (χ1n) is 7.68. The summed E-state index contributed by atoms with van der Waals surface area (Å²) in [6, 6.07) is 6.48. The van der Waals surface area contributed by atoms with Crippen molar-refractivity contribution in [3.63, 3.8) is 0 Å². The van der Waals surface area contributed by atoms with Crippen molar-refractivity contribution < 1.29 is 4.74 Å². The van der Waals surface area contributed by atoms with E-state index < -0.39 is 0 Å². The molecule has 0 aliphatic heterocycles. The first-order chi connectivity index (χ1) is 10.00. The number of guanidine groups is 1. The lowest BCUT2D eigenvalue weighted by Gasteiger charge is -2.22. The zero-order valence-electron chi connectivity index (χ0n) is 13.8. The smallest absolute Gasteiger partial charge is 0.193 e. The third-order valence-corrected chi connectivity index (χ3v) is 4.03. The highest BCUT2D eigenvalue weighted by atomic mass is 127. The summed E-state index contributed by atoms with van der Waals surface area (Å²) < 4.78 is 5.13. The number of aryl methyl sites for hydroxylation is 2. The van der Waals surface area contributed by atoms with E-state index in [0.29, 0.717) is 12.5 Å². The SMILES string of the molecule is COCCC(C)(C)CN=C(N)Nc1ccc2c(c1)CCC2.I. The number of halogens is 1. The largest absolute Gasteiger partial charge is 0.385 e. The van der Waals surface area contributed by atoms with Gasteiger partial charge in [0.05, 0.1) is 0 Å². The molecule has 1 aliphatic rings. The highest BCUT2D eigenvalue weighted by molar-refractivity contribution is 14.0. The predicted octanol–water partition coefficient (Wildman–Crippen LogP) is 3.58. The number of benzene rings is 1. The van der Waals surface area contributed by atoms with E-state index in [1.807, 2.05) is 0 Å². The Bertz CT molecular complexity index is 515. The summed E-state index contributed by atoms with van der Waals surface area (Å²) in [6.07, 6.45) is 4.61. The van der Waals surface area contributed by atoms with Crippen LogP contribution in [0.1, 0.15) is 37.8 Å². The van der Waals surface area contributed by atoms with Gasteiger partial charge in [-0.1, -0.05) is 19.9 Å². The monoisotopic (exact) mass is 417 g/mol. The second-order valence-corrected chi connectivity index (χ2v) is 6.57. The molecule has 2 rings (SSSR count). The van der Waals surface area contributed by atoms with Crippen molar-refractivity contribution in [1.82, 2.24) is 0 Å². The number of anilines is 1. The zero-order valence-corrected chi connectivity index (χ0v) is 16.1. The number of methoxy groups -OCH3 is 1. The van der Waals surface area contributed by atoms with E-state index in [0.717, 1.165) is 18.7 Å². The van der Waals surface area contributed by atoms with Gasteiger partial charge < -0.3 is 15.8 Å². The minimum absolute atomic E-state index is 0. The maximum atomic E-state index is 5.99. The lowest BCUT2D eigenvalue weighted by molar-refractivity contribution is 0.155. The fraction of sp³-hybridized carbons (Fsp3) is 0.588. The van der Waals surface area contributed by atoms with Gasteiger partial charge in [-0.25, -0.2) is 0 Å². The quantitative estimate of drug-likeness (QED) is 0.423. The third kappa shape index (κ3) is 5.76. The van der Waals surface area contributed by atoms with Crippen molar-refractivity contribution in [3.05, 3.63) is 29.3 Å². The van der Waals surface area contributed by atoms with Gasteiger partial charge in [-0.05, 0) is 54.4 Å². The van der Waals surface area contributed by atoms with Crippen LogP contribution < -0.4 is 11.1 Å². The molecule has 0 spiro atoms. The molecule has 0 saturated heterocycles. The highest BCUT2D eigenvalue weighted by Crippen LogP contribution is 2.25. The van der Waals surface area contributed by atoms with E-state index >= 15 is 0 Å². The number of nitrogens with two attached hydrogens (primary N) is 1. The molecular weight excluding hydrogens is 389 g/mol. The Labute approximate surface area is 150 Å². The van der Waals surface area contributed by atoms with E-state index in [1.165, 1.54) is 30.4 Å². The minimum Gasteiger partial charge on any atom is -0.385 e. The van der Waals surface area contributed by atoms with Crippen LogP contribution in [0.3, 0.4) is 0 Å². The summed E-state index contributed by atoms with van der Waals surface area (Å²) >= 11 is 0. The van der Waals surface area contributed by atoms with Crippen molar-refractivity contribution >= 4 is 35.6 Å². The van der Waals surface area contributed by atoms with Crippen molar-refractivity contribution in [1.29, 1.82) is 0 Å². The molecule has 0 atom stereocenters. The molecule has 0 aromatic heterocycles. The van der Waals surface area contributed by atoms with Crippen LogP contribution in [0, 0.1) is 5.41 Å². The number of hydrogen-bond acceptors (Lipinski definition) is 2. The second kappa shape index (κ2) is 8.72. The molecule has 22 heavy (non-hydrogen) atoms. The first-order valence-corrected chi connectivity index (χ1v) is 7.68. The Morgan fingerprint density at radius 3 is 2.77 bits per heavy atom. The lowest BCUT2D eigenvalue weighted by Crippen LogP contribution is -2.26. The summed E-state index contributed by atoms with van der Waals surface area (Å²) in [4.78, 5) is 4.47. The Balaban J connectivity index is 0.00000242. The Morgan fingerprint density at radius 2 is 2.05 bits per heavy atom. The van der Waals surface area contributed by atoms with Crippen molar-refractivity contribution in [3.8, 4) is 0 Å². The van der Waals surface area contributed by atoms with Gasteiger partial charge >= 0.3 is 0 Å². The third-order valence-electron chi connectivity index (χ3n) is 4.03. The molecule has 0 fully saturated rings. The topological polar surface area (TPSA) is 59.6 Å². The van der Waals surface area contributed by atoms with Crippen LogP contribution >= 0.6 is 24.0 Å². The van der Waals surface area contributed by atoms with Gasteiger partial charge in [0, 0.05) is 25.9 Å². The molecule has 0 bridgehead atoms.